The number of aromatic nitrogens is 1. The Labute approximate surface area is 196 Å². The third-order valence-corrected chi connectivity index (χ3v) is 4.88. The number of oxazole rings is 1. The van der Waals surface area contributed by atoms with Crippen molar-refractivity contribution in [2.75, 3.05) is 12.4 Å². The molecule has 1 aromatic heterocycles. The SMILES string of the molecule is COc1ccc(-c2nc3cc(NC(=S)NC(=O)c4cccc(OC(C)C)c4)ccc3o2)cc1. The van der Waals surface area contributed by atoms with Crippen molar-refractivity contribution in [2.24, 2.45) is 0 Å². The number of amides is 1. The molecule has 0 aliphatic heterocycles. The molecule has 0 aliphatic rings. The highest BCUT2D eigenvalue weighted by atomic mass is 32.1. The summed E-state index contributed by atoms with van der Waals surface area (Å²) in [6.07, 6.45) is 0.0164. The van der Waals surface area contributed by atoms with E-state index in [1.54, 1.807) is 49.6 Å². The number of nitrogens with one attached hydrogen (secondary N) is 2. The summed E-state index contributed by atoms with van der Waals surface area (Å²) in [6, 6.07) is 19.8. The van der Waals surface area contributed by atoms with E-state index in [2.05, 4.69) is 15.6 Å². The molecule has 4 rings (SSSR count). The number of hydrogen-bond donors (Lipinski definition) is 2. The zero-order chi connectivity index (χ0) is 23.4. The lowest BCUT2D eigenvalue weighted by Gasteiger charge is -2.12. The highest BCUT2D eigenvalue weighted by molar-refractivity contribution is 7.80. The zero-order valence-corrected chi connectivity index (χ0v) is 19.2. The lowest BCUT2D eigenvalue weighted by atomic mass is 10.2. The standard InChI is InChI=1S/C25H23N3O4S/c1-15(2)31-20-6-4-5-17(13-20)23(29)28-25(33)26-18-9-12-22-21(14-18)27-24(32-22)16-7-10-19(30-3)11-8-16/h4-15H,1-3H3,(H2,26,28,29,33). The maximum absolute atomic E-state index is 12.6. The number of ether oxygens (including phenoxy) is 2. The number of carbonyl (C=O) groups is 1. The fraction of sp³-hybridized carbons (Fsp3) is 0.160. The molecule has 8 heteroatoms. The number of hydrogen-bond acceptors (Lipinski definition) is 6. The summed E-state index contributed by atoms with van der Waals surface area (Å²) in [5.74, 6) is 1.56. The van der Waals surface area contributed by atoms with Gasteiger partial charge in [0.1, 0.15) is 17.0 Å². The van der Waals surface area contributed by atoms with Crippen LogP contribution in [0.5, 0.6) is 11.5 Å². The Morgan fingerprint density at radius 1 is 1.03 bits per heavy atom. The Kier molecular flexibility index (Phi) is 6.55. The molecule has 2 N–H and O–H groups in total. The normalized spacial score (nSPS) is 10.8. The van der Waals surface area contributed by atoms with Crippen molar-refractivity contribution in [1.29, 1.82) is 0 Å². The van der Waals surface area contributed by atoms with E-state index in [1.807, 2.05) is 38.1 Å². The molecule has 33 heavy (non-hydrogen) atoms. The predicted molar refractivity (Wildman–Crippen MR) is 132 cm³/mol. The minimum atomic E-state index is -0.328. The number of nitrogens with zero attached hydrogens (tertiary/aromatic N) is 1. The first-order chi connectivity index (χ1) is 15.9. The van der Waals surface area contributed by atoms with Crippen molar-refractivity contribution >= 4 is 40.0 Å². The molecule has 0 saturated heterocycles. The summed E-state index contributed by atoms with van der Waals surface area (Å²) in [5.41, 5.74) is 3.28. The van der Waals surface area contributed by atoms with Crippen LogP contribution in [-0.2, 0) is 0 Å². The van der Waals surface area contributed by atoms with Crippen LogP contribution in [0.15, 0.2) is 71.1 Å². The van der Waals surface area contributed by atoms with Crippen LogP contribution in [0, 0.1) is 0 Å². The quantitative estimate of drug-likeness (QED) is 0.371. The molecule has 0 bridgehead atoms. The molecule has 0 radical (unpaired) electrons. The summed E-state index contributed by atoms with van der Waals surface area (Å²) in [7, 11) is 1.62. The monoisotopic (exact) mass is 461 g/mol. The lowest BCUT2D eigenvalue weighted by molar-refractivity contribution is 0.0977. The van der Waals surface area contributed by atoms with Crippen molar-refractivity contribution in [1.82, 2.24) is 10.3 Å². The molecule has 7 nitrogen and oxygen atoms in total. The second kappa shape index (κ2) is 9.70. The maximum Gasteiger partial charge on any atom is 0.257 e. The fourth-order valence-electron chi connectivity index (χ4n) is 3.18. The van der Waals surface area contributed by atoms with Crippen molar-refractivity contribution in [3.8, 4) is 23.0 Å². The minimum Gasteiger partial charge on any atom is -0.497 e. The van der Waals surface area contributed by atoms with Gasteiger partial charge >= 0.3 is 0 Å². The molecular weight excluding hydrogens is 438 g/mol. The van der Waals surface area contributed by atoms with E-state index in [0.29, 0.717) is 34.0 Å². The number of fused-ring (bicyclic) bond motifs is 1. The molecule has 1 amide bonds. The summed E-state index contributed by atoms with van der Waals surface area (Å²) in [5, 5.41) is 5.88. The zero-order valence-electron chi connectivity index (χ0n) is 18.4. The lowest BCUT2D eigenvalue weighted by Crippen LogP contribution is -2.34. The van der Waals surface area contributed by atoms with E-state index >= 15 is 0 Å². The number of anilines is 1. The van der Waals surface area contributed by atoms with Gasteiger partial charge in [0, 0.05) is 16.8 Å². The van der Waals surface area contributed by atoms with Gasteiger partial charge in [0.25, 0.3) is 5.91 Å². The van der Waals surface area contributed by atoms with Gasteiger partial charge < -0.3 is 19.2 Å². The first-order valence-corrected chi connectivity index (χ1v) is 10.8. The Balaban J connectivity index is 1.44. The van der Waals surface area contributed by atoms with Crippen LogP contribution in [-0.4, -0.2) is 29.2 Å². The number of benzene rings is 3. The minimum absolute atomic E-state index is 0.0164. The molecule has 4 aromatic rings. The van der Waals surface area contributed by atoms with Gasteiger partial charge in [-0.25, -0.2) is 4.98 Å². The van der Waals surface area contributed by atoms with E-state index < -0.39 is 0 Å². The van der Waals surface area contributed by atoms with Gasteiger partial charge in [-0.15, -0.1) is 0 Å². The number of thiocarbonyl (C=S) groups is 1. The van der Waals surface area contributed by atoms with Gasteiger partial charge in [-0.05, 0) is 86.7 Å². The van der Waals surface area contributed by atoms with Gasteiger partial charge in [-0.1, -0.05) is 6.07 Å². The van der Waals surface area contributed by atoms with Crippen LogP contribution >= 0.6 is 12.2 Å². The van der Waals surface area contributed by atoms with Gasteiger partial charge in [0.15, 0.2) is 10.7 Å². The summed E-state index contributed by atoms with van der Waals surface area (Å²) in [6.45, 7) is 3.86. The highest BCUT2D eigenvalue weighted by Crippen LogP contribution is 2.27. The average molecular weight is 462 g/mol. The molecular formula is C25H23N3O4S. The van der Waals surface area contributed by atoms with E-state index in [9.17, 15) is 4.79 Å². The summed E-state index contributed by atoms with van der Waals surface area (Å²) < 4.78 is 16.7. The van der Waals surface area contributed by atoms with Crippen LogP contribution in [0.4, 0.5) is 5.69 Å². The van der Waals surface area contributed by atoms with Crippen LogP contribution in [0.25, 0.3) is 22.6 Å². The Morgan fingerprint density at radius 3 is 2.55 bits per heavy atom. The molecule has 0 spiro atoms. The number of methoxy groups -OCH3 is 1. The summed E-state index contributed by atoms with van der Waals surface area (Å²) >= 11 is 5.31. The highest BCUT2D eigenvalue weighted by Gasteiger charge is 2.12. The van der Waals surface area contributed by atoms with Crippen molar-refractivity contribution in [2.45, 2.75) is 20.0 Å². The molecule has 0 saturated carbocycles. The molecule has 0 fully saturated rings. The van der Waals surface area contributed by atoms with E-state index in [1.165, 1.54) is 0 Å². The Hall–Kier alpha value is -3.91. The molecule has 168 valence electrons. The Bertz CT molecular complexity index is 1300. The second-order valence-electron chi connectivity index (χ2n) is 7.53. The fourth-order valence-corrected chi connectivity index (χ4v) is 3.39. The first kappa shape index (κ1) is 22.3. The third kappa shape index (κ3) is 5.48. The smallest absolute Gasteiger partial charge is 0.257 e. The molecule has 0 atom stereocenters. The van der Waals surface area contributed by atoms with Gasteiger partial charge in [0.05, 0.1) is 13.2 Å². The second-order valence-corrected chi connectivity index (χ2v) is 7.94. The van der Waals surface area contributed by atoms with E-state index in [4.69, 9.17) is 26.1 Å². The van der Waals surface area contributed by atoms with Crippen molar-refractivity contribution < 1.29 is 18.7 Å². The van der Waals surface area contributed by atoms with Crippen molar-refractivity contribution in [3.63, 3.8) is 0 Å². The topological polar surface area (TPSA) is 85.6 Å². The maximum atomic E-state index is 12.6. The Morgan fingerprint density at radius 2 is 1.82 bits per heavy atom. The number of rotatable bonds is 6. The largest absolute Gasteiger partial charge is 0.497 e. The number of carbonyl (C=O) groups excluding carboxylic acids is 1. The average Bonchev–Trinajstić information content (AvgIpc) is 3.22. The molecule has 0 unspecified atom stereocenters. The van der Waals surface area contributed by atoms with E-state index in [0.717, 1.165) is 11.3 Å². The third-order valence-electron chi connectivity index (χ3n) is 4.68. The van der Waals surface area contributed by atoms with Gasteiger partial charge in [0.2, 0.25) is 5.89 Å². The van der Waals surface area contributed by atoms with Crippen LogP contribution in [0.2, 0.25) is 0 Å². The van der Waals surface area contributed by atoms with Crippen LogP contribution in [0.3, 0.4) is 0 Å². The molecule has 3 aromatic carbocycles. The van der Waals surface area contributed by atoms with Crippen molar-refractivity contribution in [3.05, 3.63) is 72.3 Å². The van der Waals surface area contributed by atoms with Gasteiger partial charge in [-0.3, -0.25) is 10.1 Å². The van der Waals surface area contributed by atoms with E-state index in [-0.39, 0.29) is 17.1 Å². The van der Waals surface area contributed by atoms with Gasteiger partial charge in [-0.2, -0.15) is 0 Å². The predicted octanol–water partition coefficient (Wildman–Crippen LogP) is 5.42. The molecule has 0 aliphatic carbocycles. The summed E-state index contributed by atoms with van der Waals surface area (Å²) in [4.78, 5) is 17.1. The first-order valence-electron chi connectivity index (χ1n) is 10.4. The van der Waals surface area contributed by atoms with Crippen LogP contribution in [0.1, 0.15) is 24.2 Å². The van der Waals surface area contributed by atoms with Crippen LogP contribution < -0.4 is 20.1 Å². The molecule has 1 heterocycles.